The molecule has 2 aromatic rings. The Kier molecular flexibility index (Phi) is 4.31. The van der Waals surface area contributed by atoms with E-state index in [1.54, 1.807) is 18.3 Å². The van der Waals surface area contributed by atoms with Crippen LogP contribution in [0.2, 0.25) is 0 Å². The third-order valence-corrected chi connectivity index (χ3v) is 4.00. The fourth-order valence-electron chi connectivity index (χ4n) is 1.63. The largest absolute Gasteiger partial charge is 0.481 e. The van der Waals surface area contributed by atoms with Gasteiger partial charge in [0.15, 0.2) is 0 Å². The van der Waals surface area contributed by atoms with Crippen LogP contribution in [-0.2, 0) is 16.6 Å². The number of halogens is 1. The zero-order valence-electron chi connectivity index (χ0n) is 10.7. The van der Waals surface area contributed by atoms with Crippen molar-refractivity contribution in [2.45, 2.75) is 11.4 Å². The van der Waals surface area contributed by atoms with Crippen molar-refractivity contribution >= 4 is 10.0 Å². The highest BCUT2D eigenvalue weighted by molar-refractivity contribution is 7.89. The maximum absolute atomic E-state index is 13.1. The van der Waals surface area contributed by atoms with Crippen molar-refractivity contribution in [3.05, 3.63) is 54.0 Å². The highest BCUT2D eigenvalue weighted by Crippen LogP contribution is 2.15. The van der Waals surface area contributed by atoms with E-state index in [9.17, 15) is 12.8 Å². The second-order valence-electron chi connectivity index (χ2n) is 3.95. The zero-order chi connectivity index (χ0) is 14.6. The Labute approximate surface area is 116 Å². The average Bonchev–Trinajstić information content (AvgIpc) is 2.45. The van der Waals surface area contributed by atoms with Crippen molar-refractivity contribution in [3.8, 4) is 5.88 Å². The van der Waals surface area contributed by atoms with Crippen LogP contribution in [0, 0.1) is 5.82 Å². The smallest absolute Gasteiger partial charge is 0.240 e. The number of aromatic nitrogens is 1. The number of nitrogens with one attached hydrogen (secondary N) is 1. The molecule has 1 N–H and O–H groups in total. The minimum atomic E-state index is -3.78. The molecule has 2 rings (SSSR count). The average molecular weight is 296 g/mol. The predicted octanol–water partition coefficient (Wildman–Crippen LogP) is 1.71. The SMILES string of the molecule is COc1ncccc1CNS(=O)(=O)c1cccc(F)c1. The lowest BCUT2D eigenvalue weighted by Gasteiger charge is -2.09. The normalized spacial score (nSPS) is 11.3. The summed E-state index contributed by atoms with van der Waals surface area (Å²) in [5.74, 6) is -0.263. The molecule has 0 aliphatic rings. The Morgan fingerprint density at radius 2 is 2.10 bits per heavy atom. The van der Waals surface area contributed by atoms with Crippen molar-refractivity contribution in [1.82, 2.24) is 9.71 Å². The number of methoxy groups -OCH3 is 1. The highest BCUT2D eigenvalue weighted by Gasteiger charge is 2.15. The fraction of sp³-hybridized carbons (Fsp3) is 0.154. The van der Waals surface area contributed by atoms with Gasteiger partial charge in [-0.2, -0.15) is 0 Å². The Bertz CT molecular complexity index is 704. The quantitative estimate of drug-likeness (QED) is 0.912. The van der Waals surface area contributed by atoms with Gasteiger partial charge in [-0.3, -0.25) is 0 Å². The van der Waals surface area contributed by atoms with E-state index in [2.05, 4.69) is 9.71 Å². The van der Waals surface area contributed by atoms with Crippen LogP contribution in [-0.4, -0.2) is 20.5 Å². The molecule has 1 heterocycles. The molecule has 0 saturated heterocycles. The first-order valence-corrected chi connectivity index (χ1v) is 7.24. The van der Waals surface area contributed by atoms with Gasteiger partial charge >= 0.3 is 0 Å². The topological polar surface area (TPSA) is 68.3 Å². The Balaban J connectivity index is 2.17. The third-order valence-electron chi connectivity index (χ3n) is 2.60. The summed E-state index contributed by atoms with van der Waals surface area (Å²) in [7, 11) is -2.33. The molecule has 0 radical (unpaired) electrons. The van der Waals surface area contributed by atoms with Crippen LogP contribution in [0.15, 0.2) is 47.5 Å². The Morgan fingerprint density at radius 1 is 1.30 bits per heavy atom. The first-order valence-electron chi connectivity index (χ1n) is 5.76. The summed E-state index contributed by atoms with van der Waals surface area (Å²) in [6.45, 7) is 0.00978. The van der Waals surface area contributed by atoms with Gasteiger partial charge in [0.25, 0.3) is 0 Å². The summed E-state index contributed by atoms with van der Waals surface area (Å²) < 4.78 is 44.5. The van der Waals surface area contributed by atoms with E-state index in [-0.39, 0.29) is 11.4 Å². The summed E-state index contributed by atoms with van der Waals surface area (Å²) in [5.41, 5.74) is 0.593. The molecule has 0 spiro atoms. The summed E-state index contributed by atoms with van der Waals surface area (Å²) in [5, 5.41) is 0. The molecule has 0 unspecified atom stereocenters. The molecule has 0 amide bonds. The molecule has 0 aliphatic heterocycles. The van der Waals surface area contributed by atoms with Crippen molar-refractivity contribution in [2.75, 3.05) is 7.11 Å². The molecule has 106 valence electrons. The summed E-state index contributed by atoms with van der Waals surface area (Å²) in [6, 6.07) is 8.18. The van der Waals surface area contributed by atoms with E-state index in [1.807, 2.05) is 0 Å². The minimum Gasteiger partial charge on any atom is -0.481 e. The van der Waals surface area contributed by atoms with Gasteiger partial charge in [0.1, 0.15) is 5.82 Å². The van der Waals surface area contributed by atoms with Crippen LogP contribution in [0.3, 0.4) is 0 Å². The highest BCUT2D eigenvalue weighted by atomic mass is 32.2. The summed E-state index contributed by atoms with van der Waals surface area (Å²) >= 11 is 0. The number of hydrogen-bond donors (Lipinski definition) is 1. The molecular formula is C13H13FN2O3S. The van der Waals surface area contributed by atoms with E-state index in [1.165, 1.54) is 25.3 Å². The molecule has 0 saturated carbocycles. The van der Waals surface area contributed by atoms with E-state index < -0.39 is 15.8 Å². The van der Waals surface area contributed by atoms with Gasteiger partial charge in [-0.25, -0.2) is 22.5 Å². The van der Waals surface area contributed by atoms with Gasteiger partial charge in [-0.1, -0.05) is 12.1 Å². The third kappa shape index (κ3) is 3.31. The number of pyridine rings is 1. The number of rotatable bonds is 5. The molecule has 20 heavy (non-hydrogen) atoms. The van der Waals surface area contributed by atoms with E-state index in [0.717, 1.165) is 6.07 Å². The predicted molar refractivity (Wildman–Crippen MR) is 71.2 cm³/mol. The van der Waals surface area contributed by atoms with Crippen molar-refractivity contribution < 1.29 is 17.5 Å². The number of benzene rings is 1. The molecule has 5 nitrogen and oxygen atoms in total. The van der Waals surface area contributed by atoms with Crippen LogP contribution >= 0.6 is 0 Å². The fourth-order valence-corrected chi connectivity index (χ4v) is 2.67. The van der Waals surface area contributed by atoms with Crippen LogP contribution in [0.4, 0.5) is 4.39 Å². The van der Waals surface area contributed by atoms with E-state index in [0.29, 0.717) is 11.4 Å². The van der Waals surface area contributed by atoms with Crippen LogP contribution < -0.4 is 9.46 Å². The first kappa shape index (κ1) is 14.4. The van der Waals surface area contributed by atoms with E-state index in [4.69, 9.17) is 4.74 Å². The maximum Gasteiger partial charge on any atom is 0.240 e. The van der Waals surface area contributed by atoms with E-state index >= 15 is 0 Å². The van der Waals surface area contributed by atoms with Gasteiger partial charge in [-0.05, 0) is 24.3 Å². The van der Waals surface area contributed by atoms with Crippen molar-refractivity contribution in [1.29, 1.82) is 0 Å². The number of hydrogen-bond acceptors (Lipinski definition) is 4. The minimum absolute atomic E-state index is 0.00978. The molecule has 0 fully saturated rings. The molecule has 1 aromatic heterocycles. The lowest BCUT2D eigenvalue weighted by Crippen LogP contribution is -2.23. The van der Waals surface area contributed by atoms with Gasteiger partial charge < -0.3 is 4.74 Å². The molecule has 7 heteroatoms. The standard InChI is InChI=1S/C13H13FN2O3S/c1-19-13-10(4-3-7-15-13)9-16-20(17,18)12-6-2-5-11(14)8-12/h2-8,16H,9H2,1H3. The van der Waals surface area contributed by atoms with Crippen LogP contribution in [0.1, 0.15) is 5.56 Å². The van der Waals surface area contributed by atoms with Crippen LogP contribution in [0.5, 0.6) is 5.88 Å². The van der Waals surface area contributed by atoms with Crippen molar-refractivity contribution in [2.24, 2.45) is 0 Å². The number of nitrogens with zero attached hydrogens (tertiary/aromatic N) is 1. The molecule has 0 aliphatic carbocycles. The molecule has 1 aromatic carbocycles. The van der Waals surface area contributed by atoms with Gasteiger partial charge in [0.05, 0.1) is 12.0 Å². The van der Waals surface area contributed by atoms with Crippen molar-refractivity contribution in [3.63, 3.8) is 0 Å². The second-order valence-corrected chi connectivity index (χ2v) is 5.72. The van der Waals surface area contributed by atoms with Gasteiger partial charge in [0.2, 0.25) is 15.9 Å². The zero-order valence-corrected chi connectivity index (χ0v) is 11.5. The molecular weight excluding hydrogens is 283 g/mol. The lowest BCUT2D eigenvalue weighted by molar-refractivity contribution is 0.392. The van der Waals surface area contributed by atoms with Crippen LogP contribution in [0.25, 0.3) is 0 Å². The number of sulfonamides is 1. The lowest BCUT2D eigenvalue weighted by atomic mass is 10.3. The summed E-state index contributed by atoms with van der Waals surface area (Å²) in [4.78, 5) is 3.84. The second kappa shape index (κ2) is 5.98. The Hall–Kier alpha value is -1.99. The first-order chi connectivity index (χ1) is 9.53. The summed E-state index contributed by atoms with van der Waals surface area (Å²) in [6.07, 6.45) is 1.55. The number of ether oxygens (including phenoxy) is 1. The van der Waals surface area contributed by atoms with Gasteiger partial charge in [-0.15, -0.1) is 0 Å². The monoisotopic (exact) mass is 296 g/mol. The Morgan fingerprint density at radius 3 is 2.80 bits per heavy atom. The van der Waals surface area contributed by atoms with Gasteiger partial charge in [0, 0.05) is 18.3 Å². The molecule has 0 bridgehead atoms. The molecule has 0 atom stereocenters. The maximum atomic E-state index is 13.1.